The number of rotatable bonds is 5. The van der Waals surface area contributed by atoms with Crippen molar-refractivity contribution in [2.24, 2.45) is 0 Å². The van der Waals surface area contributed by atoms with Gasteiger partial charge in [-0.15, -0.1) is 0 Å². The number of carbonyl (C=O) groups excluding carboxylic acids is 1. The van der Waals surface area contributed by atoms with E-state index < -0.39 is 0 Å². The van der Waals surface area contributed by atoms with Gasteiger partial charge in [-0.25, -0.2) is 4.39 Å². The minimum Gasteiger partial charge on any atom is -0.323 e. The molecule has 2 heterocycles. The molecule has 2 aliphatic rings. The van der Waals surface area contributed by atoms with Gasteiger partial charge in [-0.05, 0) is 42.8 Å². The number of nitrogens with one attached hydrogen (secondary N) is 2. The second-order valence-electron chi connectivity index (χ2n) is 8.22. The van der Waals surface area contributed by atoms with E-state index in [4.69, 9.17) is 0 Å². The number of carbonyl (C=O) groups is 1. The summed E-state index contributed by atoms with van der Waals surface area (Å²) < 4.78 is 14.3. The number of quaternary nitrogens is 1. The molecule has 2 saturated heterocycles. The van der Waals surface area contributed by atoms with Crippen LogP contribution >= 0.6 is 0 Å². The summed E-state index contributed by atoms with van der Waals surface area (Å²) in [6.45, 7) is 5.74. The molecule has 4 nitrogen and oxygen atoms in total. The Morgan fingerprint density at radius 1 is 1.21 bits per heavy atom. The third-order valence-electron chi connectivity index (χ3n) is 6.51. The summed E-state index contributed by atoms with van der Waals surface area (Å²) in [5.74, 6) is -0.533. The molecule has 0 spiro atoms. The summed E-state index contributed by atoms with van der Waals surface area (Å²) >= 11 is 0. The molecule has 5 heteroatoms. The normalized spacial score (nSPS) is 26.8. The van der Waals surface area contributed by atoms with Crippen LogP contribution in [0, 0.1) is 5.82 Å². The van der Waals surface area contributed by atoms with Gasteiger partial charge in [0.1, 0.15) is 17.5 Å². The number of nitrogens with zero attached hydrogens (tertiary/aromatic N) is 1. The smallest absolute Gasteiger partial charge is 0.248 e. The molecule has 0 saturated carbocycles. The van der Waals surface area contributed by atoms with E-state index >= 15 is 0 Å². The third-order valence-corrected chi connectivity index (χ3v) is 6.51. The highest BCUT2D eigenvalue weighted by Gasteiger charge is 2.47. The van der Waals surface area contributed by atoms with Gasteiger partial charge in [-0.2, -0.15) is 0 Å². The van der Waals surface area contributed by atoms with Crippen LogP contribution in [0.25, 0.3) is 6.08 Å². The van der Waals surface area contributed by atoms with Crippen LogP contribution in [0.3, 0.4) is 0 Å². The zero-order valence-electron chi connectivity index (χ0n) is 16.9. The van der Waals surface area contributed by atoms with Gasteiger partial charge < -0.3 is 10.6 Å². The van der Waals surface area contributed by atoms with Crippen molar-refractivity contribution in [3.63, 3.8) is 0 Å². The van der Waals surface area contributed by atoms with Crippen LogP contribution < -0.4 is 15.1 Å². The van der Waals surface area contributed by atoms with Crippen LogP contribution in [0.1, 0.15) is 31.7 Å². The van der Waals surface area contributed by atoms with E-state index in [2.05, 4.69) is 29.7 Å². The Morgan fingerprint density at radius 2 is 2.03 bits per heavy atom. The maximum atomic E-state index is 13.2. The average Bonchev–Trinajstić information content (AvgIpc) is 3.38. The molecule has 1 amide bonds. The highest BCUT2D eigenvalue weighted by atomic mass is 19.1. The molecular weight excluding hydrogens is 365 g/mol. The van der Waals surface area contributed by atoms with E-state index in [0.29, 0.717) is 17.6 Å². The Kier molecular flexibility index (Phi) is 5.79. The first kappa shape index (κ1) is 19.8. The van der Waals surface area contributed by atoms with Crippen LogP contribution in [0.5, 0.6) is 0 Å². The maximum absolute atomic E-state index is 13.2. The molecule has 0 radical (unpaired) electrons. The van der Waals surface area contributed by atoms with E-state index in [1.165, 1.54) is 49.7 Å². The van der Waals surface area contributed by atoms with Gasteiger partial charge in [0.05, 0.1) is 12.6 Å². The molecule has 0 aromatic heterocycles. The lowest BCUT2D eigenvalue weighted by molar-refractivity contribution is -0.111. The van der Waals surface area contributed by atoms with Gasteiger partial charge in [0, 0.05) is 56.2 Å². The van der Waals surface area contributed by atoms with Crippen molar-refractivity contribution in [3.05, 3.63) is 66.0 Å². The lowest BCUT2D eigenvalue weighted by Gasteiger charge is -2.43. The van der Waals surface area contributed by atoms with Crippen molar-refractivity contribution in [2.45, 2.75) is 38.3 Å². The number of amides is 1. The SMILES string of the molecule is CC1CCC[N+]1(c1ccc(NC(=O)/C=C/c2cccc(F)c2)cc1)C1CCNC1. The van der Waals surface area contributed by atoms with E-state index in [1.807, 2.05) is 12.1 Å². The highest BCUT2D eigenvalue weighted by molar-refractivity contribution is 6.02. The first-order chi connectivity index (χ1) is 14.1. The number of halogens is 1. The lowest BCUT2D eigenvalue weighted by Crippen LogP contribution is -2.59. The Bertz CT molecular complexity index is 889. The van der Waals surface area contributed by atoms with Crippen LogP contribution in [0.2, 0.25) is 0 Å². The zero-order chi connectivity index (χ0) is 20.3. The van der Waals surface area contributed by atoms with E-state index in [0.717, 1.165) is 23.3 Å². The molecule has 2 aromatic rings. The molecule has 3 unspecified atom stereocenters. The first-order valence-corrected chi connectivity index (χ1v) is 10.5. The molecule has 2 aliphatic heterocycles. The molecule has 0 bridgehead atoms. The summed E-state index contributed by atoms with van der Waals surface area (Å²) in [5, 5.41) is 6.43. The zero-order valence-corrected chi connectivity index (χ0v) is 16.9. The van der Waals surface area contributed by atoms with Gasteiger partial charge >= 0.3 is 0 Å². The van der Waals surface area contributed by atoms with Crippen LogP contribution in [-0.4, -0.2) is 37.6 Å². The van der Waals surface area contributed by atoms with Crippen LogP contribution in [0.15, 0.2) is 54.6 Å². The summed E-state index contributed by atoms with van der Waals surface area (Å²) in [7, 11) is 0. The predicted molar refractivity (Wildman–Crippen MR) is 117 cm³/mol. The Labute approximate surface area is 172 Å². The fourth-order valence-electron chi connectivity index (χ4n) is 5.06. The summed E-state index contributed by atoms with van der Waals surface area (Å²) in [6, 6.07) is 15.8. The average molecular weight is 395 g/mol. The first-order valence-electron chi connectivity index (χ1n) is 10.5. The van der Waals surface area contributed by atoms with Crippen molar-refractivity contribution < 1.29 is 9.18 Å². The van der Waals surface area contributed by atoms with Gasteiger partial charge in [0.25, 0.3) is 0 Å². The summed E-state index contributed by atoms with van der Waals surface area (Å²) in [4.78, 5) is 12.2. The minimum absolute atomic E-state index is 0.222. The molecule has 0 aliphatic carbocycles. The van der Waals surface area contributed by atoms with Crippen molar-refractivity contribution >= 4 is 23.4 Å². The summed E-state index contributed by atoms with van der Waals surface area (Å²) in [6.07, 6.45) is 6.80. The Balaban J connectivity index is 1.46. The topological polar surface area (TPSA) is 41.1 Å². The molecule has 2 N–H and O–H groups in total. The van der Waals surface area contributed by atoms with Crippen molar-refractivity contribution in [1.82, 2.24) is 9.80 Å². The summed E-state index contributed by atoms with van der Waals surface area (Å²) in [5.41, 5.74) is 2.78. The van der Waals surface area contributed by atoms with E-state index in [9.17, 15) is 9.18 Å². The second-order valence-corrected chi connectivity index (χ2v) is 8.22. The van der Waals surface area contributed by atoms with Gasteiger partial charge in [0.15, 0.2) is 0 Å². The molecule has 2 fully saturated rings. The minimum atomic E-state index is -0.311. The monoisotopic (exact) mass is 394 g/mol. The lowest BCUT2D eigenvalue weighted by atomic mass is 10.1. The standard InChI is InChI=1S/C24H28FN3O/c1-18-4-3-15-28(18,23-13-14-26-17-23)22-10-8-21(9-11-22)27-24(29)12-7-19-5-2-6-20(25)16-19/h2,5-12,16,18,23,26H,3-4,13-15,17H2,1H3/p+1/b12-7+. The number of likely N-dealkylation sites (tertiary alicyclic amines) is 1. The van der Waals surface area contributed by atoms with Crippen molar-refractivity contribution in [1.29, 1.82) is 0 Å². The van der Waals surface area contributed by atoms with Crippen LogP contribution in [-0.2, 0) is 4.79 Å². The number of benzene rings is 2. The number of hydrogen-bond donors (Lipinski definition) is 2. The van der Waals surface area contributed by atoms with E-state index in [-0.39, 0.29) is 11.7 Å². The second kappa shape index (κ2) is 8.47. The number of anilines is 1. The van der Waals surface area contributed by atoms with Gasteiger partial charge in [0.2, 0.25) is 5.91 Å². The third kappa shape index (κ3) is 4.11. The maximum Gasteiger partial charge on any atom is 0.248 e. The largest absolute Gasteiger partial charge is 0.323 e. The van der Waals surface area contributed by atoms with Crippen LogP contribution in [0.4, 0.5) is 15.8 Å². The fourth-order valence-corrected chi connectivity index (χ4v) is 5.06. The molecule has 2 aromatic carbocycles. The van der Waals surface area contributed by atoms with Gasteiger partial charge in [-0.3, -0.25) is 9.28 Å². The Hall–Kier alpha value is -2.50. The van der Waals surface area contributed by atoms with E-state index in [1.54, 1.807) is 18.2 Å². The quantitative estimate of drug-likeness (QED) is 0.585. The molecule has 152 valence electrons. The highest BCUT2D eigenvalue weighted by Crippen LogP contribution is 2.39. The fraction of sp³-hybridized carbons (Fsp3) is 0.375. The molecule has 4 rings (SSSR count). The molecular formula is C24H29FN3O+. The predicted octanol–water partition coefficient (Wildman–Crippen LogP) is 4.33. The number of hydrogen-bond acceptors (Lipinski definition) is 2. The van der Waals surface area contributed by atoms with Crippen molar-refractivity contribution in [3.8, 4) is 0 Å². The Morgan fingerprint density at radius 3 is 2.69 bits per heavy atom. The van der Waals surface area contributed by atoms with Gasteiger partial charge in [-0.1, -0.05) is 12.1 Å². The molecule has 3 atom stereocenters. The van der Waals surface area contributed by atoms with Crippen molar-refractivity contribution in [2.75, 3.05) is 25.0 Å². The molecule has 29 heavy (non-hydrogen) atoms.